The summed E-state index contributed by atoms with van der Waals surface area (Å²) in [5.74, 6) is 0.706. The zero-order valence-corrected chi connectivity index (χ0v) is 19.1. The Hall–Kier alpha value is -2.65. The van der Waals surface area contributed by atoms with E-state index < -0.39 is 5.82 Å². The standard InChI is InChI=1S/C22H28FN5O2S/c1-5-28(6-2)10-9-18-27-19(16-8-7-15(23)12-24-16)20(30-18)17-13-31-22(26-17)21(29)25-11-14(3)4/h7-8,12-14H,5-6,9-11H2,1-4H3,(H,25,29). The van der Waals surface area contributed by atoms with Crippen LogP contribution in [0, 0.1) is 11.7 Å². The molecule has 0 aliphatic heterocycles. The SMILES string of the molecule is CCN(CC)CCc1nc(-c2ccc(F)cn2)c(-c2csc(C(=O)NCC(C)C)n2)o1. The first kappa shape index (κ1) is 23.0. The van der Waals surface area contributed by atoms with Gasteiger partial charge in [-0.05, 0) is 31.1 Å². The normalized spacial score (nSPS) is 11.5. The predicted molar refractivity (Wildman–Crippen MR) is 119 cm³/mol. The predicted octanol–water partition coefficient (Wildman–Crippen LogP) is 4.27. The molecule has 0 atom stereocenters. The van der Waals surface area contributed by atoms with Gasteiger partial charge in [-0.2, -0.15) is 0 Å². The van der Waals surface area contributed by atoms with Crippen molar-refractivity contribution in [3.05, 3.63) is 40.4 Å². The minimum absolute atomic E-state index is 0.215. The number of hydrogen-bond donors (Lipinski definition) is 1. The van der Waals surface area contributed by atoms with Crippen LogP contribution in [0.25, 0.3) is 22.8 Å². The van der Waals surface area contributed by atoms with Crippen molar-refractivity contribution in [2.75, 3.05) is 26.2 Å². The summed E-state index contributed by atoms with van der Waals surface area (Å²) >= 11 is 1.25. The van der Waals surface area contributed by atoms with Gasteiger partial charge in [0, 0.05) is 24.9 Å². The quantitative estimate of drug-likeness (QED) is 0.502. The van der Waals surface area contributed by atoms with E-state index >= 15 is 0 Å². The first-order chi connectivity index (χ1) is 14.9. The highest BCUT2D eigenvalue weighted by Gasteiger charge is 2.22. The topological polar surface area (TPSA) is 84.2 Å². The maximum Gasteiger partial charge on any atom is 0.280 e. The van der Waals surface area contributed by atoms with E-state index in [1.54, 1.807) is 11.4 Å². The molecule has 3 heterocycles. The van der Waals surface area contributed by atoms with Crippen LogP contribution in [0.4, 0.5) is 4.39 Å². The van der Waals surface area contributed by atoms with E-state index in [1.165, 1.54) is 17.4 Å². The van der Waals surface area contributed by atoms with Crippen LogP contribution >= 0.6 is 11.3 Å². The number of oxazole rings is 1. The fraction of sp³-hybridized carbons (Fsp3) is 0.455. The summed E-state index contributed by atoms with van der Waals surface area (Å²) < 4.78 is 19.4. The lowest BCUT2D eigenvalue weighted by atomic mass is 10.2. The molecule has 0 spiro atoms. The van der Waals surface area contributed by atoms with Crippen molar-refractivity contribution < 1.29 is 13.6 Å². The molecule has 0 bridgehead atoms. The number of carbonyl (C=O) groups excluding carboxylic acids is 1. The number of likely N-dealkylation sites (N-methyl/N-ethyl adjacent to an activating group) is 1. The third kappa shape index (κ3) is 5.95. The number of thiazole rings is 1. The average molecular weight is 446 g/mol. The number of pyridine rings is 1. The van der Waals surface area contributed by atoms with Crippen LogP contribution in [0.2, 0.25) is 0 Å². The molecule has 0 aliphatic rings. The van der Waals surface area contributed by atoms with E-state index in [4.69, 9.17) is 4.42 Å². The van der Waals surface area contributed by atoms with Crippen molar-refractivity contribution in [2.45, 2.75) is 34.1 Å². The second-order valence-electron chi connectivity index (χ2n) is 7.57. The van der Waals surface area contributed by atoms with Crippen LogP contribution in [0.5, 0.6) is 0 Å². The second-order valence-corrected chi connectivity index (χ2v) is 8.42. The molecule has 3 rings (SSSR count). The maximum absolute atomic E-state index is 13.4. The van der Waals surface area contributed by atoms with Crippen LogP contribution in [-0.4, -0.2) is 51.9 Å². The third-order valence-corrected chi connectivity index (χ3v) is 5.62. The molecular weight excluding hydrogens is 417 g/mol. The molecule has 9 heteroatoms. The fourth-order valence-electron chi connectivity index (χ4n) is 2.98. The minimum atomic E-state index is -0.423. The molecular formula is C22H28FN5O2S. The first-order valence-corrected chi connectivity index (χ1v) is 11.4. The summed E-state index contributed by atoms with van der Waals surface area (Å²) in [6.07, 6.45) is 1.77. The summed E-state index contributed by atoms with van der Waals surface area (Å²) in [4.78, 5) is 27.9. The molecule has 166 valence electrons. The van der Waals surface area contributed by atoms with Gasteiger partial charge < -0.3 is 14.6 Å². The van der Waals surface area contributed by atoms with Crippen molar-refractivity contribution in [2.24, 2.45) is 5.92 Å². The lowest BCUT2D eigenvalue weighted by Gasteiger charge is -2.16. The molecule has 31 heavy (non-hydrogen) atoms. The van der Waals surface area contributed by atoms with Crippen LogP contribution < -0.4 is 5.32 Å². The first-order valence-electron chi connectivity index (χ1n) is 10.5. The maximum atomic E-state index is 13.4. The van der Waals surface area contributed by atoms with Gasteiger partial charge in [0.05, 0.1) is 11.9 Å². The van der Waals surface area contributed by atoms with E-state index in [9.17, 15) is 9.18 Å². The number of aromatic nitrogens is 3. The summed E-state index contributed by atoms with van der Waals surface area (Å²) in [6, 6.07) is 2.90. The van der Waals surface area contributed by atoms with Crippen molar-refractivity contribution in [3.8, 4) is 22.8 Å². The summed E-state index contributed by atoms with van der Waals surface area (Å²) in [6.45, 7) is 11.6. The van der Waals surface area contributed by atoms with Gasteiger partial charge in [0.25, 0.3) is 5.91 Å². The van der Waals surface area contributed by atoms with Crippen molar-refractivity contribution in [3.63, 3.8) is 0 Å². The molecule has 0 aliphatic carbocycles. The van der Waals surface area contributed by atoms with Gasteiger partial charge in [0.15, 0.2) is 16.7 Å². The summed E-state index contributed by atoms with van der Waals surface area (Å²) in [5.41, 5.74) is 1.50. The Morgan fingerprint density at radius 2 is 2.00 bits per heavy atom. The van der Waals surface area contributed by atoms with Crippen LogP contribution in [-0.2, 0) is 6.42 Å². The number of nitrogens with zero attached hydrogens (tertiary/aromatic N) is 4. The monoisotopic (exact) mass is 445 g/mol. The van der Waals surface area contributed by atoms with Gasteiger partial charge in [0.2, 0.25) is 0 Å². The van der Waals surface area contributed by atoms with Crippen molar-refractivity contribution >= 4 is 17.2 Å². The molecule has 0 aromatic carbocycles. The fourth-order valence-corrected chi connectivity index (χ4v) is 3.70. The number of carbonyl (C=O) groups is 1. The van der Waals surface area contributed by atoms with Crippen molar-refractivity contribution in [1.29, 1.82) is 0 Å². The van der Waals surface area contributed by atoms with Crippen LogP contribution in [0.15, 0.2) is 28.1 Å². The minimum Gasteiger partial charge on any atom is -0.438 e. The lowest BCUT2D eigenvalue weighted by Crippen LogP contribution is -2.27. The van der Waals surface area contributed by atoms with Crippen LogP contribution in [0.3, 0.4) is 0 Å². The Labute approximate surface area is 185 Å². The molecule has 3 aromatic rings. The van der Waals surface area contributed by atoms with Crippen LogP contribution in [0.1, 0.15) is 43.4 Å². The Balaban J connectivity index is 1.90. The molecule has 0 saturated heterocycles. The number of rotatable bonds is 10. The Bertz CT molecular complexity index is 996. The highest BCUT2D eigenvalue weighted by atomic mass is 32.1. The molecule has 3 aromatic heterocycles. The van der Waals surface area contributed by atoms with E-state index in [0.29, 0.717) is 52.6 Å². The number of hydrogen-bond acceptors (Lipinski definition) is 7. The molecule has 1 amide bonds. The molecule has 0 radical (unpaired) electrons. The lowest BCUT2D eigenvalue weighted by molar-refractivity contribution is 0.0948. The van der Waals surface area contributed by atoms with Gasteiger partial charge in [-0.3, -0.25) is 9.78 Å². The molecule has 0 unspecified atom stereocenters. The molecule has 1 N–H and O–H groups in total. The zero-order valence-electron chi connectivity index (χ0n) is 18.3. The third-order valence-electron chi connectivity index (χ3n) is 4.78. The second kappa shape index (κ2) is 10.6. The largest absolute Gasteiger partial charge is 0.438 e. The van der Waals surface area contributed by atoms with Gasteiger partial charge >= 0.3 is 0 Å². The zero-order chi connectivity index (χ0) is 22.4. The van der Waals surface area contributed by atoms with Gasteiger partial charge in [0.1, 0.15) is 17.2 Å². The molecule has 0 saturated carbocycles. The Morgan fingerprint density at radius 1 is 1.23 bits per heavy atom. The van der Waals surface area contributed by atoms with E-state index in [1.807, 2.05) is 13.8 Å². The molecule has 0 fully saturated rings. The molecule has 7 nitrogen and oxygen atoms in total. The van der Waals surface area contributed by atoms with E-state index in [-0.39, 0.29) is 5.91 Å². The number of amides is 1. The van der Waals surface area contributed by atoms with Crippen molar-refractivity contribution in [1.82, 2.24) is 25.2 Å². The smallest absolute Gasteiger partial charge is 0.280 e. The highest BCUT2D eigenvalue weighted by Crippen LogP contribution is 2.32. The number of nitrogens with one attached hydrogen (secondary N) is 1. The Kier molecular flexibility index (Phi) is 7.86. The summed E-state index contributed by atoms with van der Waals surface area (Å²) in [5, 5.41) is 5.00. The van der Waals surface area contributed by atoms with E-state index in [2.05, 4.69) is 39.0 Å². The van der Waals surface area contributed by atoms with Gasteiger partial charge in [-0.25, -0.2) is 14.4 Å². The van der Waals surface area contributed by atoms with Gasteiger partial charge in [-0.1, -0.05) is 27.7 Å². The average Bonchev–Trinajstić information content (AvgIpc) is 3.40. The number of halogens is 1. The van der Waals surface area contributed by atoms with E-state index in [0.717, 1.165) is 25.8 Å². The highest BCUT2D eigenvalue weighted by molar-refractivity contribution is 7.12. The Morgan fingerprint density at radius 3 is 2.65 bits per heavy atom. The summed E-state index contributed by atoms with van der Waals surface area (Å²) in [7, 11) is 0. The van der Waals surface area contributed by atoms with Gasteiger partial charge in [-0.15, -0.1) is 11.3 Å².